The Bertz CT molecular complexity index is 675. The standard InChI is InChI=1S/C19H25N3O2/c1-2-24-17-10-6-3-7-15(17)11-12-19(23)21-18-13-14-20-22(18)16-8-4-5-9-16/h3,6-7,10,13-14,16H,2,4-5,8-9,11-12H2,1H3,(H,21,23). The summed E-state index contributed by atoms with van der Waals surface area (Å²) >= 11 is 0. The summed E-state index contributed by atoms with van der Waals surface area (Å²) < 4.78 is 7.59. The molecular formula is C19H25N3O2. The number of carbonyl (C=O) groups is 1. The predicted octanol–water partition coefficient (Wildman–Crippen LogP) is 3.97. The first-order valence-corrected chi connectivity index (χ1v) is 8.82. The van der Waals surface area contributed by atoms with Crippen LogP contribution in [0.25, 0.3) is 0 Å². The maximum Gasteiger partial charge on any atom is 0.225 e. The highest BCUT2D eigenvalue weighted by Crippen LogP contribution is 2.31. The summed E-state index contributed by atoms with van der Waals surface area (Å²) in [6.45, 7) is 2.59. The van der Waals surface area contributed by atoms with Gasteiger partial charge in [0.25, 0.3) is 0 Å². The van der Waals surface area contributed by atoms with Crippen LogP contribution in [0, 0.1) is 0 Å². The van der Waals surface area contributed by atoms with Gasteiger partial charge in [-0.1, -0.05) is 31.0 Å². The maximum atomic E-state index is 12.3. The van der Waals surface area contributed by atoms with E-state index >= 15 is 0 Å². The van der Waals surface area contributed by atoms with E-state index in [0.29, 0.717) is 25.5 Å². The molecule has 0 saturated heterocycles. The van der Waals surface area contributed by atoms with Gasteiger partial charge in [0.2, 0.25) is 5.91 Å². The van der Waals surface area contributed by atoms with Gasteiger partial charge in [-0.3, -0.25) is 4.79 Å². The summed E-state index contributed by atoms with van der Waals surface area (Å²) in [7, 11) is 0. The van der Waals surface area contributed by atoms with Gasteiger partial charge >= 0.3 is 0 Å². The SMILES string of the molecule is CCOc1ccccc1CCC(=O)Nc1ccnn1C1CCCC1. The lowest BCUT2D eigenvalue weighted by molar-refractivity contribution is -0.116. The van der Waals surface area contributed by atoms with Crippen LogP contribution in [0.4, 0.5) is 5.82 Å². The van der Waals surface area contributed by atoms with Crippen LogP contribution < -0.4 is 10.1 Å². The summed E-state index contributed by atoms with van der Waals surface area (Å²) in [6, 6.07) is 10.2. The third kappa shape index (κ3) is 3.96. The molecule has 1 N–H and O–H groups in total. The van der Waals surface area contributed by atoms with E-state index in [4.69, 9.17) is 4.74 Å². The summed E-state index contributed by atoms with van der Waals surface area (Å²) in [4.78, 5) is 12.3. The van der Waals surface area contributed by atoms with Crippen LogP contribution >= 0.6 is 0 Å². The van der Waals surface area contributed by atoms with Gasteiger partial charge in [-0.15, -0.1) is 0 Å². The zero-order valence-corrected chi connectivity index (χ0v) is 14.2. The number of carbonyl (C=O) groups excluding carboxylic acids is 1. The third-order valence-corrected chi connectivity index (χ3v) is 4.50. The molecule has 5 nitrogen and oxygen atoms in total. The number of hydrogen-bond donors (Lipinski definition) is 1. The summed E-state index contributed by atoms with van der Waals surface area (Å²) in [5.41, 5.74) is 1.07. The van der Waals surface area contributed by atoms with E-state index in [9.17, 15) is 4.79 Å². The monoisotopic (exact) mass is 327 g/mol. The van der Waals surface area contributed by atoms with E-state index in [1.807, 2.05) is 41.9 Å². The molecule has 1 aromatic heterocycles. The fourth-order valence-corrected chi connectivity index (χ4v) is 3.31. The number of hydrogen-bond acceptors (Lipinski definition) is 3. The molecule has 128 valence electrons. The molecule has 0 atom stereocenters. The van der Waals surface area contributed by atoms with Gasteiger partial charge in [0.05, 0.1) is 18.8 Å². The molecule has 0 bridgehead atoms. The average molecular weight is 327 g/mol. The van der Waals surface area contributed by atoms with E-state index in [0.717, 1.165) is 30.0 Å². The van der Waals surface area contributed by atoms with Gasteiger partial charge in [-0.25, -0.2) is 4.68 Å². The normalized spacial score (nSPS) is 14.7. The molecule has 1 heterocycles. The third-order valence-electron chi connectivity index (χ3n) is 4.50. The molecule has 3 rings (SSSR count). The van der Waals surface area contributed by atoms with Crippen LogP contribution in [0.2, 0.25) is 0 Å². The highest BCUT2D eigenvalue weighted by atomic mass is 16.5. The van der Waals surface area contributed by atoms with Crippen LogP contribution in [0.3, 0.4) is 0 Å². The molecule has 1 fully saturated rings. The van der Waals surface area contributed by atoms with E-state index in [1.165, 1.54) is 12.8 Å². The van der Waals surface area contributed by atoms with Gasteiger partial charge in [-0.05, 0) is 37.8 Å². The number of aryl methyl sites for hydroxylation is 1. The average Bonchev–Trinajstić information content (AvgIpc) is 3.25. The second kappa shape index (κ2) is 7.99. The molecule has 0 unspecified atom stereocenters. The number of aromatic nitrogens is 2. The van der Waals surface area contributed by atoms with Crippen molar-refractivity contribution in [1.29, 1.82) is 0 Å². The minimum Gasteiger partial charge on any atom is -0.494 e. The molecule has 24 heavy (non-hydrogen) atoms. The Morgan fingerprint density at radius 2 is 2.08 bits per heavy atom. The highest BCUT2D eigenvalue weighted by molar-refractivity contribution is 5.90. The molecule has 0 radical (unpaired) electrons. The van der Waals surface area contributed by atoms with Gasteiger partial charge in [0.15, 0.2) is 0 Å². The molecule has 0 aliphatic heterocycles. The molecule has 1 aliphatic carbocycles. The second-order valence-electron chi connectivity index (χ2n) is 6.19. The first-order chi connectivity index (χ1) is 11.8. The van der Waals surface area contributed by atoms with Crippen molar-refractivity contribution in [1.82, 2.24) is 9.78 Å². The predicted molar refractivity (Wildman–Crippen MR) is 94.3 cm³/mol. The van der Waals surface area contributed by atoms with Crippen molar-refractivity contribution in [3.63, 3.8) is 0 Å². The van der Waals surface area contributed by atoms with Crippen LogP contribution in [0.1, 0.15) is 50.6 Å². The van der Waals surface area contributed by atoms with Crippen LogP contribution in [0.15, 0.2) is 36.5 Å². The molecule has 1 amide bonds. The van der Waals surface area contributed by atoms with Crippen molar-refractivity contribution in [2.45, 2.75) is 51.5 Å². The lowest BCUT2D eigenvalue weighted by Gasteiger charge is -2.15. The maximum absolute atomic E-state index is 12.3. The fraction of sp³-hybridized carbons (Fsp3) is 0.474. The van der Waals surface area contributed by atoms with Crippen LogP contribution in [-0.2, 0) is 11.2 Å². The van der Waals surface area contributed by atoms with E-state index in [-0.39, 0.29) is 5.91 Å². The minimum atomic E-state index is 0.0149. The van der Waals surface area contributed by atoms with Crippen molar-refractivity contribution in [3.8, 4) is 5.75 Å². The van der Waals surface area contributed by atoms with Gasteiger partial charge in [0.1, 0.15) is 11.6 Å². The topological polar surface area (TPSA) is 56.1 Å². The summed E-state index contributed by atoms with van der Waals surface area (Å²) in [6.07, 6.45) is 7.63. The first-order valence-electron chi connectivity index (χ1n) is 8.82. The van der Waals surface area contributed by atoms with E-state index in [2.05, 4.69) is 10.4 Å². The van der Waals surface area contributed by atoms with Crippen molar-refractivity contribution in [2.24, 2.45) is 0 Å². The Hall–Kier alpha value is -2.30. The van der Waals surface area contributed by atoms with Crippen molar-refractivity contribution in [3.05, 3.63) is 42.1 Å². The number of nitrogens with one attached hydrogen (secondary N) is 1. The number of anilines is 1. The summed E-state index contributed by atoms with van der Waals surface area (Å²) in [5, 5.41) is 7.40. The fourth-order valence-electron chi connectivity index (χ4n) is 3.31. The second-order valence-corrected chi connectivity index (χ2v) is 6.19. The number of ether oxygens (including phenoxy) is 1. The number of rotatable bonds is 7. The van der Waals surface area contributed by atoms with Crippen molar-refractivity contribution >= 4 is 11.7 Å². The van der Waals surface area contributed by atoms with Gasteiger partial charge in [-0.2, -0.15) is 5.10 Å². The van der Waals surface area contributed by atoms with E-state index in [1.54, 1.807) is 6.20 Å². The molecule has 2 aromatic rings. The Morgan fingerprint density at radius 3 is 2.88 bits per heavy atom. The Kier molecular flexibility index (Phi) is 5.51. The Balaban J connectivity index is 1.58. The molecule has 1 saturated carbocycles. The minimum absolute atomic E-state index is 0.0149. The molecule has 1 aromatic carbocycles. The quantitative estimate of drug-likeness (QED) is 0.837. The zero-order valence-electron chi connectivity index (χ0n) is 14.2. The highest BCUT2D eigenvalue weighted by Gasteiger charge is 2.20. The Morgan fingerprint density at radius 1 is 1.29 bits per heavy atom. The lowest BCUT2D eigenvalue weighted by Crippen LogP contribution is -2.18. The first kappa shape index (κ1) is 16.6. The van der Waals surface area contributed by atoms with Gasteiger partial charge < -0.3 is 10.1 Å². The zero-order chi connectivity index (χ0) is 16.8. The Labute approximate surface area is 143 Å². The largest absolute Gasteiger partial charge is 0.494 e. The smallest absolute Gasteiger partial charge is 0.225 e. The number of nitrogens with zero attached hydrogens (tertiary/aromatic N) is 2. The van der Waals surface area contributed by atoms with Gasteiger partial charge in [0, 0.05) is 12.5 Å². The van der Waals surface area contributed by atoms with E-state index < -0.39 is 0 Å². The number of benzene rings is 1. The van der Waals surface area contributed by atoms with Crippen LogP contribution in [-0.4, -0.2) is 22.3 Å². The molecule has 1 aliphatic rings. The molecule has 5 heteroatoms. The number of amides is 1. The van der Waals surface area contributed by atoms with Crippen molar-refractivity contribution in [2.75, 3.05) is 11.9 Å². The lowest BCUT2D eigenvalue weighted by atomic mass is 10.1. The molecular weight excluding hydrogens is 302 g/mol. The van der Waals surface area contributed by atoms with Crippen LogP contribution in [0.5, 0.6) is 5.75 Å². The number of para-hydroxylation sites is 1. The summed E-state index contributed by atoms with van der Waals surface area (Å²) in [5.74, 6) is 1.69. The molecule has 0 spiro atoms. The van der Waals surface area contributed by atoms with Crippen molar-refractivity contribution < 1.29 is 9.53 Å².